The number of rotatable bonds is 71. The average molecular weight is 1350 g/mol. The molecule has 0 spiro atoms. The Balaban J connectivity index is 5.27. The number of carbonyl (C=O) groups excluding carboxylic acids is 4. The molecule has 3 unspecified atom stereocenters. The minimum atomic E-state index is -4.95. The van der Waals surface area contributed by atoms with Crippen LogP contribution < -0.4 is 0 Å². The molecule has 0 amide bonds. The maximum atomic E-state index is 13.1. The lowest BCUT2D eigenvalue weighted by Gasteiger charge is -2.21. The zero-order chi connectivity index (χ0) is 68.0. The van der Waals surface area contributed by atoms with Gasteiger partial charge in [0, 0.05) is 25.7 Å². The minimum absolute atomic E-state index is 0.105. The Morgan fingerprint density at radius 3 is 0.826 bits per heavy atom. The quantitative estimate of drug-likeness (QED) is 0.0222. The van der Waals surface area contributed by atoms with E-state index in [0.29, 0.717) is 25.7 Å². The van der Waals surface area contributed by atoms with Crippen molar-refractivity contribution in [2.45, 2.75) is 388 Å². The van der Waals surface area contributed by atoms with Gasteiger partial charge in [-0.25, -0.2) is 9.13 Å². The van der Waals surface area contributed by atoms with Gasteiger partial charge in [0.15, 0.2) is 12.2 Å². The first-order valence-electron chi connectivity index (χ1n) is 37.9. The van der Waals surface area contributed by atoms with E-state index in [-0.39, 0.29) is 25.7 Å². The summed E-state index contributed by atoms with van der Waals surface area (Å²) < 4.78 is 68.4. The lowest BCUT2D eigenvalue weighted by atomic mass is 9.99. The first-order valence-corrected chi connectivity index (χ1v) is 40.9. The molecule has 0 aromatic rings. The number of aliphatic hydroxyl groups is 1. The molecule has 0 saturated carbocycles. The monoisotopic (exact) mass is 1350 g/mol. The average Bonchev–Trinajstić information content (AvgIpc) is 2.63. The zero-order valence-corrected chi connectivity index (χ0v) is 61.8. The van der Waals surface area contributed by atoms with Gasteiger partial charge in [0.2, 0.25) is 0 Å². The van der Waals surface area contributed by atoms with E-state index in [2.05, 4.69) is 48.5 Å². The highest BCUT2D eigenvalue weighted by molar-refractivity contribution is 7.47. The van der Waals surface area contributed by atoms with Gasteiger partial charge in [-0.05, 0) is 43.4 Å². The van der Waals surface area contributed by atoms with E-state index < -0.39 is 97.5 Å². The van der Waals surface area contributed by atoms with Gasteiger partial charge in [-0.2, -0.15) is 0 Å². The second kappa shape index (κ2) is 63.8. The van der Waals surface area contributed by atoms with Crippen LogP contribution in [0.4, 0.5) is 0 Å². The molecule has 92 heavy (non-hydrogen) atoms. The predicted octanol–water partition coefficient (Wildman–Crippen LogP) is 21.0. The number of carbonyl (C=O) groups is 4. The fourth-order valence-corrected chi connectivity index (χ4v) is 12.6. The third kappa shape index (κ3) is 65.4. The zero-order valence-electron chi connectivity index (χ0n) is 60.0. The molecular weight excluding hydrogens is 1210 g/mol. The summed E-state index contributed by atoms with van der Waals surface area (Å²) in [6.07, 6.45) is 48.4. The molecule has 0 radical (unpaired) electrons. The van der Waals surface area contributed by atoms with Gasteiger partial charge in [0.25, 0.3) is 0 Å². The van der Waals surface area contributed by atoms with Crippen LogP contribution in [-0.4, -0.2) is 96.7 Å². The van der Waals surface area contributed by atoms with Crippen LogP contribution in [0.15, 0.2) is 0 Å². The van der Waals surface area contributed by atoms with Crippen LogP contribution in [-0.2, 0) is 65.4 Å². The molecule has 0 bridgehead atoms. The predicted molar refractivity (Wildman–Crippen MR) is 372 cm³/mol. The third-order valence-corrected chi connectivity index (χ3v) is 19.1. The molecule has 0 aromatic carbocycles. The van der Waals surface area contributed by atoms with Gasteiger partial charge in [0.05, 0.1) is 26.4 Å². The van der Waals surface area contributed by atoms with E-state index >= 15 is 0 Å². The van der Waals surface area contributed by atoms with Crippen molar-refractivity contribution < 1.29 is 80.2 Å². The number of esters is 4. The molecule has 3 N–H and O–H groups in total. The summed E-state index contributed by atoms with van der Waals surface area (Å²) in [5, 5.41) is 10.6. The Morgan fingerprint density at radius 2 is 0.554 bits per heavy atom. The van der Waals surface area contributed by atoms with Crippen molar-refractivity contribution in [3.8, 4) is 0 Å². The standard InChI is InChI=1S/C73H142O17P2/c1-8-10-11-12-13-14-15-16-17-18-25-33-40-47-54-70(75)83-60-68(89-73(78)57-50-43-36-27-22-20-24-32-39-46-53-66(7)9-2)62-87-91(79,80)85-58-67(74)59-86-92(81,82)88-63-69(61-84-71(76)55-48-41-34-29-28-31-38-45-52-65(5)6)90-72(77)56-49-42-35-26-21-19-23-30-37-44-51-64(3)4/h64-69,74H,8-63H2,1-7H3,(H,79,80)(H,81,82)/t66?,67-,68-,69-/m1/s1. The van der Waals surface area contributed by atoms with Crippen LogP contribution in [0.5, 0.6) is 0 Å². The molecule has 6 atom stereocenters. The third-order valence-electron chi connectivity index (χ3n) is 17.2. The van der Waals surface area contributed by atoms with Gasteiger partial charge in [-0.1, -0.05) is 318 Å². The molecular formula is C73H142O17P2. The number of phosphoric acid groups is 2. The molecule has 0 heterocycles. The van der Waals surface area contributed by atoms with Crippen LogP contribution in [0.3, 0.4) is 0 Å². The number of phosphoric ester groups is 2. The highest BCUT2D eigenvalue weighted by Crippen LogP contribution is 2.45. The number of hydrogen-bond donors (Lipinski definition) is 3. The summed E-state index contributed by atoms with van der Waals surface area (Å²) in [6, 6.07) is 0. The van der Waals surface area contributed by atoms with Gasteiger partial charge >= 0.3 is 39.5 Å². The Morgan fingerprint density at radius 1 is 0.315 bits per heavy atom. The fourth-order valence-electron chi connectivity index (χ4n) is 11.0. The molecule has 19 heteroatoms. The Kier molecular flexibility index (Phi) is 62.4. The van der Waals surface area contributed by atoms with Crippen molar-refractivity contribution in [1.82, 2.24) is 0 Å². The number of ether oxygens (including phenoxy) is 4. The maximum Gasteiger partial charge on any atom is 0.472 e. The lowest BCUT2D eigenvalue weighted by Crippen LogP contribution is -2.30. The molecule has 0 saturated heterocycles. The molecule has 0 rings (SSSR count). The highest BCUT2D eigenvalue weighted by Gasteiger charge is 2.30. The summed E-state index contributed by atoms with van der Waals surface area (Å²) in [6.45, 7) is 11.9. The molecule has 0 aliphatic carbocycles. The van der Waals surface area contributed by atoms with E-state index in [1.165, 1.54) is 180 Å². The van der Waals surface area contributed by atoms with E-state index in [0.717, 1.165) is 108 Å². The second-order valence-corrected chi connectivity index (χ2v) is 30.4. The van der Waals surface area contributed by atoms with Crippen LogP contribution in [0.25, 0.3) is 0 Å². The van der Waals surface area contributed by atoms with E-state index in [4.69, 9.17) is 37.0 Å². The SMILES string of the molecule is CCCCCCCCCCCCCCCCC(=O)OC[C@H](COP(=O)(O)OC[C@@H](O)COP(=O)(O)OC[C@@H](COC(=O)CCCCCCCCCCC(C)C)OC(=O)CCCCCCCCCCCCC(C)C)OC(=O)CCCCCCCCCCCCC(C)CC. The second-order valence-electron chi connectivity index (χ2n) is 27.5. The molecule has 0 aliphatic heterocycles. The molecule has 0 aromatic heterocycles. The lowest BCUT2D eigenvalue weighted by molar-refractivity contribution is -0.161. The Hall–Kier alpha value is -1.94. The minimum Gasteiger partial charge on any atom is -0.462 e. The van der Waals surface area contributed by atoms with Crippen LogP contribution >= 0.6 is 15.6 Å². The smallest absolute Gasteiger partial charge is 0.462 e. The number of unbranched alkanes of at least 4 members (excludes halogenated alkanes) is 38. The summed E-state index contributed by atoms with van der Waals surface area (Å²) in [7, 11) is -9.91. The van der Waals surface area contributed by atoms with Crippen molar-refractivity contribution in [1.29, 1.82) is 0 Å². The summed E-state index contributed by atoms with van der Waals surface area (Å²) in [5.41, 5.74) is 0. The van der Waals surface area contributed by atoms with Crippen molar-refractivity contribution in [3.05, 3.63) is 0 Å². The van der Waals surface area contributed by atoms with Crippen molar-refractivity contribution >= 4 is 39.5 Å². The first kappa shape index (κ1) is 90.1. The van der Waals surface area contributed by atoms with Crippen LogP contribution in [0, 0.1) is 17.8 Å². The molecule has 0 fully saturated rings. The first-order chi connectivity index (χ1) is 44.3. The van der Waals surface area contributed by atoms with E-state index in [1.54, 1.807) is 0 Å². The topological polar surface area (TPSA) is 237 Å². The largest absolute Gasteiger partial charge is 0.472 e. The Bertz CT molecular complexity index is 1800. The summed E-state index contributed by atoms with van der Waals surface area (Å²) in [5.74, 6) is 0.160. The van der Waals surface area contributed by atoms with Gasteiger partial charge in [-0.3, -0.25) is 37.3 Å². The maximum absolute atomic E-state index is 13.1. The van der Waals surface area contributed by atoms with Crippen molar-refractivity contribution in [2.75, 3.05) is 39.6 Å². The normalized spacial score (nSPS) is 14.4. The Labute approximate surface area is 562 Å². The van der Waals surface area contributed by atoms with E-state index in [1.807, 2.05) is 0 Å². The number of hydrogen-bond acceptors (Lipinski definition) is 15. The van der Waals surface area contributed by atoms with Crippen LogP contribution in [0.2, 0.25) is 0 Å². The van der Waals surface area contributed by atoms with E-state index in [9.17, 15) is 43.2 Å². The molecule has 17 nitrogen and oxygen atoms in total. The fraction of sp³-hybridized carbons (Fsp3) is 0.945. The highest BCUT2D eigenvalue weighted by atomic mass is 31.2. The van der Waals surface area contributed by atoms with Gasteiger partial charge < -0.3 is 33.8 Å². The van der Waals surface area contributed by atoms with Crippen molar-refractivity contribution in [2.24, 2.45) is 17.8 Å². The van der Waals surface area contributed by atoms with Gasteiger partial charge in [-0.15, -0.1) is 0 Å². The van der Waals surface area contributed by atoms with Gasteiger partial charge in [0.1, 0.15) is 19.3 Å². The molecule has 546 valence electrons. The number of aliphatic hydroxyl groups excluding tert-OH is 1. The summed E-state index contributed by atoms with van der Waals surface area (Å²) >= 11 is 0. The van der Waals surface area contributed by atoms with Crippen LogP contribution in [0.1, 0.15) is 370 Å². The van der Waals surface area contributed by atoms with Crippen molar-refractivity contribution in [3.63, 3.8) is 0 Å². The molecule has 0 aliphatic rings. The summed E-state index contributed by atoms with van der Waals surface area (Å²) in [4.78, 5) is 72.7.